The molecule has 0 radical (unpaired) electrons. The number of nitrogens with one attached hydrogen (secondary N) is 2. The number of nitrogens with zero attached hydrogens (tertiary/aromatic N) is 1. The van der Waals surface area contributed by atoms with Gasteiger partial charge in [0.2, 0.25) is 0 Å². The zero-order chi connectivity index (χ0) is 18.4. The van der Waals surface area contributed by atoms with Crippen LogP contribution in [0.25, 0.3) is 0 Å². The minimum atomic E-state index is -1.04. The number of nitriles is 1. The van der Waals surface area contributed by atoms with Crippen LogP contribution < -0.4 is 10.6 Å². The summed E-state index contributed by atoms with van der Waals surface area (Å²) in [6.45, 7) is 1.39. The second-order valence-electron chi connectivity index (χ2n) is 5.38. The number of carbonyl (C=O) groups is 2. The minimum Gasteiger partial charge on any atom is -0.480 e. The van der Waals surface area contributed by atoms with Crippen LogP contribution in [-0.2, 0) is 11.3 Å². The van der Waals surface area contributed by atoms with Gasteiger partial charge < -0.3 is 15.7 Å². The summed E-state index contributed by atoms with van der Waals surface area (Å²) in [7, 11) is 0. The van der Waals surface area contributed by atoms with E-state index in [4.69, 9.17) is 10.4 Å². The molecule has 3 N–H and O–H groups in total. The summed E-state index contributed by atoms with van der Waals surface area (Å²) in [6.07, 6.45) is 0. The molecule has 2 rings (SSSR count). The number of hydrogen-bond acceptors (Lipinski definition) is 4. The molecule has 0 saturated carbocycles. The maximum absolute atomic E-state index is 13.3. The van der Waals surface area contributed by atoms with Gasteiger partial charge in [0.1, 0.15) is 12.4 Å². The van der Waals surface area contributed by atoms with E-state index in [2.05, 4.69) is 10.6 Å². The smallest absolute Gasteiger partial charge is 0.322 e. The molecule has 0 saturated heterocycles. The standard InChI is InChI=1S/C18H16FN3O3/c1-11-6-13(4-5-15(11)19)18(25)22-9-14-3-2-12(8-20)7-16(14)21-10-17(23)24/h2-7,21H,9-10H2,1H3,(H,22,25)(H,23,24). The fourth-order valence-corrected chi connectivity index (χ4v) is 2.20. The van der Waals surface area contributed by atoms with Gasteiger partial charge in [-0.2, -0.15) is 5.26 Å². The zero-order valence-corrected chi connectivity index (χ0v) is 13.5. The molecule has 7 heteroatoms. The molecule has 0 heterocycles. The van der Waals surface area contributed by atoms with Crippen molar-refractivity contribution < 1.29 is 19.1 Å². The van der Waals surface area contributed by atoms with Gasteiger partial charge in [-0.1, -0.05) is 6.07 Å². The summed E-state index contributed by atoms with van der Waals surface area (Å²) in [5, 5.41) is 23.1. The summed E-state index contributed by atoms with van der Waals surface area (Å²) in [5.74, 6) is -1.81. The first-order valence-corrected chi connectivity index (χ1v) is 7.43. The molecule has 6 nitrogen and oxygen atoms in total. The van der Waals surface area contributed by atoms with Gasteiger partial charge >= 0.3 is 5.97 Å². The molecule has 128 valence electrons. The van der Waals surface area contributed by atoms with Gasteiger partial charge in [0.15, 0.2) is 0 Å². The third kappa shape index (κ3) is 4.78. The molecule has 2 aromatic rings. The Morgan fingerprint density at radius 2 is 2.00 bits per heavy atom. The Labute approximate surface area is 143 Å². The highest BCUT2D eigenvalue weighted by atomic mass is 19.1. The fraction of sp³-hybridized carbons (Fsp3) is 0.167. The van der Waals surface area contributed by atoms with Gasteiger partial charge in [-0.25, -0.2) is 4.39 Å². The van der Waals surface area contributed by atoms with E-state index in [1.54, 1.807) is 19.1 Å². The van der Waals surface area contributed by atoms with Crippen molar-refractivity contribution in [1.82, 2.24) is 5.32 Å². The Balaban J connectivity index is 2.13. The number of benzene rings is 2. The number of aryl methyl sites for hydroxylation is 1. The fourth-order valence-electron chi connectivity index (χ4n) is 2.20. The third-order valence-electron chi connectivity index (χ3n) is 3.53. The Morgan fingerprint density at radius 1 is 1.24 bits per heavy atom. The lowest BCUT2D eigenvalue weighted by Gasteiger charge is -2.12. The predicted octanol–water partition coefficient (Wildman–Crippen LogP) is 2.43. The van der Waals surface area contributed by atoms with Crippen molar-refractivity contribution >= 4 is 17.6 Å². The summed E-state index contributed by atoms with van der Waals surface area (Å²) in [5.41, 5.74) is 2.16. The van der Waals surface area contributed by atoms with Gasteiger partial charge in [-0.05, 0) is 48.4 Å². The molecule has 0 fully saturated rings. The first-order chi connectivity index (χ1) is 11.9. The highest BCUT2D eigenvalue weighted by molar-refractivity contribution is 5.94. The van der Waals surface area contributed by atoms with E-state index in [0.29, 0.717) is 27.9 Å². The van der Waals surface area contributed by atoms with Crippen molar-refractivity contribution in [3.8, 4) is 6.07 Å². The number of amides is 1. The molecule has 0 bridgehead atoms. The Bertz CT molecular complexity index is 859. The van der Waals surface area contributed by atoms with Crippen molar-refractivity contribution in [2.75, 3.05) is 11.9 Å². The van der Waals surface area contributed by atoms with Crippen molar-refractivity contribution in [2.45, 2.75) is 13.5 Å². The van der Waals surface area contributed by atoms with Crippen LogP contribution in [0.3, 0.4) is 0 Å². The van der Waals surface area contributed by atoms with Gasteiger partial charge in [-0.3, -0.25) is 9.59 Å². The first-order valence-electron chi connectivity index (χ1n) is 7.43. The summed E-state index contributed by atoms with van der Waals surface area (Å²) >= 11 is 0. The molecule has 0 aliphatic rings. The highest BCUT2D eigenvalue weighted by Crippen LogP contribution is 2.18. The van der Waals surface area contributed by atoms with Crippen LogP contribution in [0.5, 0.6) is 0 Å². The van der Waals surface area contributed by atoms with Crippen LogP contribution in [0, 0.1) is 24.1 Å². The molecule has 0 aliphatic heterocycles. The van der Waals surface area contributed by atoms with E-state index >= 15 is 0 Å². The SMILES string of the molecule is Cc1cc(C(=O)NCc2ccc(C#N)cc2NCC(=O)O)ccc1F. The quantitative estimate of drug-likeness (QED) is 0.749. The van der Waals surface area contributed by atoms with Crippen LogP contribution >= 0.6 is 0 Å². The van der Waals surface area contributed by atoms with Crippen LogP contribution in [-0.4, -0.2) is 23.5 Å². The lowest BCUT2D eigenvalue weighted by Crippen LogP contribution is -2.24. The second-order valence-corrected chi connectivity index (χ2v) is 5.38. The monoisotopic (exact) mass is 341 g/mol. The molecular formula is C18H16FN3O3. The first kappa shape index (κ1) is 17.9. The number of carbonyl (C=O) groups excluding carboxylic acids is 1. The lowest BCUT2D eigenvalue weighted by molar-refractivity contribution is -0.134. The lowest BCUT2D eigenvalue weighted by atomic mass is 10.1. The minimum absolute atomic E-state index is 0.128. The average Bonchev–Trinajstić information content (AvgIpc) is 2.60. The van der Waals surface area contributed by atoms with E-state index in [-0.39, 0.29) is 24.8 Å². The predicted molar refractivity (Wildman–Crippen MR) is 89.6 cm³/mol. The second kappa shape index (κ2) is 7.93. The van der Waals surface area contributed by atoms with Crippen LogP contribution in [0.4, 0.5) is 10.1 Å². The van der Waals surface area contributed by atoms with Crippen molar-refractivity contribution in [3.05, 3.63) is 64.5 Å². The maximum Gasteiger partial charge on any atom is 0.322 e. The molecule has 1 amide bonds. The normalized spacial score (nSPS) is 9.96. The number of rotatable bonds is 6. The molecule has 25 heavy (non-hydrogen) atoms. The van der Waals surface area contributed by atoms with E-state index in [1.165, 1.54) is 24.3 Å². The molecule has 0 spiro atoms. The topological polar surface area (TPSA) is 102 Å². The summed E-state index contributed by atoms with van der Waals surface area (Å²) < 4.78 is 13.3. The molecular weight excluding hydrogens is 325 g/mol. The number of hydrogen-bond donors (Lipinski definition) is 3. The number of anilines is 1. The summed E-state index contributed by atoms with van der Waals surface area (Å²) in [6, 6.07) is 10.8. The number of carboxylic acid groups (broad SMARTS) is 1. The average molecular weight is 341 g/mol. The van der Waals surface area contributed by atoms with Crippen molar-refractivity contribution in [1.29, 1.82) is 5.26 Å². The van der Waals surface area contributed by atoms with E-state index in [1.807, 2.05) is 6.07 Å². The van der Waals surface area contributed by atoms with Gasteiger partial charge in [0.05, 0.1) is 11.6 Å². The molecule has 0 unspecified atom stereocenters. The van der Waals surface area contributed by atoms with Gasteiger partial charge in [0.25, 0.3) is 5.91 Å². The number of carboxylic acids is 1. The van der Waals surface area contributed by atoms with Crippen molar-refractivity contribution in [2.24, 2.45) is 0 Å². The maximum atomic E-state index is 13.3. The highest BCUT2D eigenvalue weighted by Gasteiger charge is 2.10. The van der Waals surface area contributed by atoms with Crippen molar-refractivity contribution in [3.63, 3.8) is 0 Å². The Morgan fingerprint density at radius 3 is 2.64 bits per heavy atom. The zero-order valence-electron chi connectivity index (χ0n) is 13.5. The molecule has 0 aromatic heterocycles. The third-order valence-corrected chi connectivity index (χ3v) is 3.53. The summed E-state index contributed by atoms with van der Waals surface area (Å²) in [4.78, 5) is 22.9. The van der Waals surface area contributed by atoms with Crippen LogP contribution in [0.1, 0.15) is 27.0 Å². The van der Waals surface area contributed by atoms with Crippen LogP contribution in [0.2, 0.25) is 0 Å². The Hall–Kier alpha value is -3.40. The van der Waals surface area contributed by atoms with Crippen LogP contribution in [0.15, 0.2) is 36.4 Å². The molecule has 2 aromatic carbocycles. The van der Waals surface area contributed by atoms with Gasteiger partial charge in [0, 0.05) is 17.8 Å². The molecule has 0 aliphatic carbocycles. The van der Waals surface area contributed by atoms with Gasteiger partial charge in [-0.15, -0.1) is 0 Å². The molecule has 0 atom stereocenters. The largest absolute Gasteiger partial charge is 0.480 e. The van der Waals surface area contributed by atoms with E-state index < -0.39 is 5.97 Å². The van der Waals surface area contributed by atoms with E-state index in [9.17, 15) is 14.0 Å². The Kier molecular flexibility index (Phi) is 5.69. The van der Waals surface area contributed by atoms with E-state index in [0.717, 1.165) is 0 Å². The number of halogens is 1. The number of aliphatic carboxylic acids is 1.